The van der Waals surface area contributed by atoms with Gasteiger partial charge in [-0.25, -0.2) is 0 Å². The molecule has 3 nitrogen and oxygen atoms in total. The first-order valence-corrected chi connectivity index (χ1v) is 3.30. The number of hydrogen-bond donors (Lipinski definition) is 1. The number of aromatic nitrogens is 3. The molecule has 11 heavy (non-hydrogen) atoms. The van der Waals surface area contributed by atoms with Gasteiger partial charge in [-0.3, -0.25) is 0 Å². The summed E-state index contributed by atoms with van der Waals surface area (Å²) in [5.41, 5.74) is 1.78. The van der Waals surface area contributed by atoms with Crippen LogP contribution in [0.15, 0.2) is 30.6 Å². The molecule has 0 saturated heterocycles. The van der Waals surface area contributed by atoms with Crippen molar-refractivity contribution in [1.82, 2.24) is 15.2 Å². The summed E-state index contributed by atoms with van der Waals surface area (Å²) < 4.78 is 0. The van der Waals surface area contributed by atoms with E-state index < -0.39 is 0 Å². The quantitative estimate of drug-likeness (QED) is 0.654. The highest BCUT2D eigenvalue weighted by atomic mass is 15.1. The number of H-pyrrole nitrogens is 1. The van der Waals surface area contributed by atoms with Gasteiger partial charge >= 0.3 is 0 Å². The van der Waals surface area contributed by atoms with Crippen LogP contribution in [0.1, 0.15) is 0 Å². The lowest BCUT2D eigenvalue weighted by atomic mass is 10.2. The Morgan fingerprint density at radius 2 is 2.36 bits per heavy atom. The molecular formula is C8H6N3. The zero-order valence-corrected chi connectivity index (χ0v) is 5.78. The lowest BCUT2D eigenvalue weighted by molar-refractivity contribution is 1.04. The largest absolute Gasteiger partial charge is 0.359 e. The second-order valence-corrected chi connectivity index (χ2v) is 2.13. The van der Waals surface area contributed by atoms with Gasteiger partial charge in [-0.15, -0.1) is 0 Å². The third kappa shape index (κ3) is 1.12. The maximum absolute atomic E-state index is 3.92. The number of aromatic amines is 1. The fourth-order valence-electron chi connectivity index (χ4n) is 0.881. The SMILES string of the molecule is [c]1[nH]ccc1-c1cccnn1. The van der Waals surface area contributed by atoms with Gasteiger partial charge in [0.1, 0.15) is 0 Å². The van der Waals surface area contributed by atoms with Crippen molar-refractivity contribution in [2.24, 2.45) is 0 Å². The van der Waals surface area contributed by atoms with Crippen LogP contribution in [0.3, 0.4) is 0 Å². The molecule has 2 aromatic heterocycles. The Labute approximate surface area is 64.1 Å². The predicted octanol–water partition coefficient (Wildman–Crippen LogP) is 1.27. The monoisotopic (exact) mass is 144 g/mol. The second-order valence-electron chi connectivity index (χ2n) is 2.13. The van der Waals surface area contributed by atoms with E-state index >= 15 is 0 Å². The van der Waals surface area contributed by atoms with Gasteiger partial charge in [0, 0.05) is 18.0 Å². The minimum absolute atomic E-state index is 0.841. The molecule has 0 saturated carbocycles. The van der Waals surface area contributed by atoms with E-state index in [0.717, 1.165) is 11.3 Å². The van der Waals surface area contributed by atoms with E-state index in [1.54, 1.807) is 6.20 Å². The lowest BCUT2D eigenvalue weighted by Crippen LogP contribution is -1.82. The highest BCUT2D eigenvalue weighted by Gasteiger charge is 1.96. The Hall–Kier alpha value is -1.64. The molecule has 1 N–H and O–H groups in total. The normalized spacial score (nSPS) is 9.82. The second kappa shape index (κ2) is 2.54. The van der Waals surface area contributed by atoms with Crippen molar-refractivity contribution < 1.29 is 0 Å². The molecule has 0 aromatic carbocycles. The van der Waals surface area contributed by atoms with Crippen LogP contribution in [0.25, 0.3) is 11.3 Å². The topological polar surface area (TPSA) is 41.6 Å². The van der Waals surface area contributed by atoms with Gasteiger partial charge in [0.05, 0.1) is 11.9 Å². The average Bonchev–Trinajstić information content (AvgIpc) is 2.58. The molecule has 0 aliphatic rings. The number of nitrogens with zero attached hydrogens (tertiary/aromatic N) is 2. The van der Waals surface area contributed by atoms with Crippen LogP contribution in [0.2, 0.25) is 0 Å². The summed E-state index contributed by atoms with van der Waals surface area (Å²) in [6.45, 7) is 0. The molecule has 53 valence electrons. The summed E-state index contributed by atoms with van der Waals surface area (Å²) in [6, 6.07) is 5.65. The molecule has 0 aliphatic carbocycles. The molecule has 2 aromatic rings. The molecule has 2 heterocycles. The van der Waals surface area contributed by atoms with Crippen LogP contribution in [-0.2, 0) is 0 Å². The standard InChI is InChI=1S/C8H6N3/c1-2-8(11-10-4-1)7-3-5-9-6-7/h1-5,9H. The summed E-state index contributed by atoms with van der Waals surface area (Å²) in [5, 5.41) is 7.68. The molecule has 0 atom stereocenters. The van der Waals surface area contributed by atoms with Crippen LogP contribution in [0.5, 0.6) is 0 Å². The Balaban J connectivity index is 2.46. The van der Waals surface area contributed by atoms with E-state index in [1.807, 2.05) is 24.4 Å². The van der Waals surface area contributed by atoms with Crippen molar-refractivity contribution in [2.75, 3.05) is 0 Å². The molecule has 1 radical (unpaired) electrons. The van der Waals surface area contributed by atoms with E-state index in [-0.39, 0.29) is 0 Å². The van der Waals surface area contributed by atoms with E-state index in [0.29, 0.717) is 0 Å². The molecular weight excluding hydrogens is 138 g/mol. The Bertz CT molecular complexity index is 312. The van der Waals surface area contributed by atoms with E-state index in [2.05, 4.69) is 21.4 Å². The zero-order chi connectivity index (χ0) is 7.52. The number of nitrogens with one attached hydrogen (secondary N) is 1. The molecule has 0 spiro atoms. The Morgan fingerprint density at radius 1 is 1.36 bits per heavy atom. The van der Waals surface area contributed by atoms with E-state index in [9.17, 15) is 0 Å². The first-order valence-electron chi connectivity index (χ1n) is 3.30. The average molecular weight is 144 g/mol. The molecule has 0 amide bonds. The fraction of sp³-hybridized carbons (Fsp3) is 0. The van der Waals surface area contributed by atoms with Crippen molar-refractivity contribution in [3.63, 3.8) is 0 Å². The van der Waals surface area contributed by atoms with Gasteiger partial charge < -0.3 is 4.98 Å². The van der Waals surface area contributed by atoms with Crippen LogP contribution in [0, 0.1) is 6.20 Å². The molecule has 0 fully saturated rings. The molecule has 3 heteroatoms. The maximum atomic E-state index is 3.92. The van der Waals surface area contributed by atoms with Crippen LogP contribution >= 0.6 is 0 Å². The predicted molar refractivity (Wildman–Crippen MR) is 40.7 cm³/mol. The number of hydrogen-bond acceptors (Lipinski definition) is 2. The smallest absolute Gasteiger partial charge is 0.0951 e. The van der Waals surface area contributed by atoms with Crippen LogP contribution in [0.4, 0.5) is 0 Å². The highest BCUT2D eigenvalue weighted by Crippen LogP contribution is 2.12. The van der Waals surface area contributed by atoms with Gasteiger partial charge in [-0.05, 0) is 18.2 Å². The van der Waals surface area contributed by atoms with E-state index in [4.69, 9.17) is 0 Å². The third-order valence-corrected chi connectivity index (χ3v) is 1.39. The van der Waals surface area contributed by atoms with Gasteiger partial charge in [-0.1, -0.05) is 0 Å². The van der Waals surface area contributed by atoms with Crippen molar-refractivity contribution in [3.05, 3.63) is 36.8 Å². The lowest BCUT2D eigenvalue weighted by Gasteiger charge is -1.90. The van der Waals surface area contributed by atoms with Gasteiger partial charge in [0.25, 0.3) is 0 Å². The Kier molecular flexibility index (Phi) is 1.41. The van der Waals surface area contributed by atoms with Crippen molar-refractivity contribution in [2.45, 2.75) is 0 Å². The van der Waals surface area contributed by atoms with Crippen molar-refractivity contribution in [1.29, 1.82) is 0 Å². The fourth-order valence-corrected chi connectivity index (χ4v) is 0.881. The van der Waals surface area contributed by atoms with Crippen LogP contribution in [-0.4, -0.2) is 15.2 Å². The molecule has 0 aliphatic heterocycles. The first kappa shape index (κ1) is 6.09. The summed E-state index contributed by atoms with van der Waals surface area (Å²) in [5.74, 6) is 0. The van der Waals surface area contributed by atoms with Gasteiger partial charge in [-0.2, -0.15) is 10.2 Å². The molecule has 0 bridgehead atoms. The maximum Gasteiger partial charge on any atom is 0.0951 e. The van der Waals surface area contributed by atoms with E-state index in [1.165, 1.54) is 0 Å². The van der Waals surface area contributed by atoms with Gasteiger partial charge in [0.15, 0.2) is 0 Å². The minimum atomic E-state index is 0.841. The van der Waals surface area contributed by atoms with Crippen LogP contribution < -0.4 is 0 Å². The number of rotatable bonds is 1. The van der Waals surface area contributed by atoms with Crippen molar-refractivity contribution >= 4 is 0 Å². The van der Waals surface area contributed by atoms with Gasteiger partial charge in [0.2, 0.25) is 0 Å². The summed E-state index contributed by atoms with van der Waals surface area (Å²) in [6.07, 6.45) is 6.38. The molecule has 0 unspecified atom stereocenters. The third-order valence-electron chi connectivity index (χ3n) is 1.39. The first-order chi connectivity index (χ1) is 5.47. The summed E-state index contributed by atoms with van der Waals surface area (Å²) in [4.78, 5) is 2.84. The Morgan fingerprint density at radius 3 is 3.00 bits per heavy atom. The summed E-state index contributed by atoms with van der Waals surface area (Å²) in [7, 11) is 0. The molecule has 2 rings (SSSR count). The summed E-state index contributed by atoms with van der Waals surface area (Å²) >= 11 is 0. The highest BCUT2D eigenvalue weighted by molar-refractivity contribution is 5.55. The van der Waals surface area contributed by atoms with Crippen molar-refractivity contribution in [3.8, 4) is 11.3 Å². The zero-order valence-electron chi connectivity index (χ0n) is 5.78. The minimum Gasteiger partial charge on any atom is -0.359 e.